The third-order valence-corrected chi connectivity index (χ3v) is 4.97. The molecule has 2 rings (SSSR count). The normalized spacial score (nSPS) is 21.3. The van der Waals surface area contributed by atoms with Crippen molar-refractivity contribution in [3.05, 3.63) is 12.3 Å². The van der Waals surface area contributed by atoms with Crippen LogP contribution in [0.25, 0.3) is 0 Å². The van der Waals surface area contributed by atoms with Crippen molar-refractivity contribution in [3.63, 3.8) is 0 Å². The van der Waals surface area contributed by atoms with Gasteiger partial charge in [-0.3, -0.25) is 9.48 Å². The molecule has 8 heteroatoms. The first-order valence-electron chi connectivity index (χ1n) is 5.75. The molecule has 0 amide bonds. The van der Waals surface area contributed by atoms with Crippen molar-refractivity contribution in [2.45, 2.75) is 37.4 Å². The van der Waals surface area contributed by atoms with E-state index in [0.29, 0.717) is 19.4 Å². The molecule has 1 aliphatic heterocycles. The summed E-state index contributed by atoms with van der Waals surface area (Å²) in [4.78, 5) is 11.1. The topological polar surface area (TPSA) is 92.5 Å². The predicted octanol–water partition coefficient (Wildman–Crippen LogP) is 0.141. The van der Waals surface area contributed by atoms with Crippen molar-refractivity contribution in [2.75, 3.05) is 6.54 Å². The van der Waals surface area contributed by atoms with Gasteiger partial charge in [0, 0.05) is 13.1 Å². The summed E-state index contributed by atoms with van der Waals surface area (Å²) in [5, 5.41) is 13.0. The Hall–Kier alpha value is -1.41. The summed E-state index contributed by atoms with van der Waals surface area (Å²) >= 11 is 0. The molecule has 0 bridgehead atoms. The number of carbonyl (C=O) groups is 1. The van der Waals surface area contributed by atoms with Gasteiger partial charge in [-0.2, -0.15) is 9.40 Å². The minimum absolute atomic E-state index is 0.0538. The highest BCUT2D eigenvalue weighted by Gasteiger charge is 2.40. The molecular formula is C10H15N3O4S. The van der Waals surface area contributed by atoms with Gasteiger partial charge >= 0.3 is 5.97 Å². The second-order valence-corrected chi connectivity index (χ2v) is 5.93. The Balaban J connectivity index is 2.40. The fraction of sp³-hybridized carbons (Fsp3) is 0.600. The Kier molecular flexibility index (Phi) is 3.40. The first kappa shape index (κ1) is 13.0. The van der Waals surface area contributed by atoms with E-state index in [1.807, 2.05) is 0 Å². The van der Waals surface area contributed by atoms with E-state index in [-0.39, 0.29) is 11.6 Å². The van der Waals surface area contributed by atoms with Gasteiger partial charge < -0.3 is 5.11 Å². The summed E-state index contributed by atoms with van der Waals surface area (Å²) in [6.45, 7) is 2.45. The number of sulfonamides is 1. The monoisotopic (exact) mass is 273 g/mol. The molecule has 1 aliphatic rings. The van der Waals surface area contributed by atoms with Gasteiger partial charge in [0.15, 0.2) is 5.03 Å². The lowest BCUT2D eigenvalue weighted by Crippen LogP contribution is -2.41. The molecule has 1 aromatic heterocycles. The summed E-state index contributed by atoms with van der Waals surface area (Å²) in [5.41, 5.74) is 0. The van der Waals surface area contributed by atoms with E-state index in [1.165, 1.54) is 16.9 Å². The predicted molar refractivity (Wildman–Crippen MR) is 62.5 cm³/mol. The molecule has 0 radical (unpaired) electrons. The highest BCUT2D eigenvalue weighted by molar-refractivity contribution is 7.89. The van der Waals surface area contributed by atoms with Crippen LogP contribution in [0.1, 0.15) is 19.8 Å². The van der Waals surface area contributed by atoms with Crippen molar-refractivity contribution in [1.29, 1.82) is 0 Å². The van der Waals surface area contributed by atoms with E-state index < -0.39 is 22.0 Å². The van der Waals surface area contributed by atoms with E-state index in [9.17, 15) is 13.2 Å². The lowest BCUT2D eigenvalue weighted by molar-refractivity contribution is -0.140. The summed E-state index contributed by atoms with van der Waals surface area (Å²) in [5.74, 6) is -1.10. The standard InChI is InChI=1S/C10H15N3O4S/c1-2-12-9(5-6-11-12)18(16,17)13-7-3-4-8(13)10(14)15/h5-6,8H,2-4,7H2,1H3,(H,14,15)/t8-/m0/s1. The quantitative estimate of drug-likeness (QED) is 0.842. The molecule has 100 valence electrons. The van der Waals surface area contributed by atoms with Gasteiger partial charge in [0.05, 0.1) is 6.20 Å². The number of rotatable bonds is 4. The number of aromatic nitrogens is 2. The molecular weight excluding hydrogens is 258 g/mol. The third kappa shape index (κ3) is 2.01. The van der Waals surface area contributed by atoms with Crippen molar-refractivity contribution in [2.24, 2.45) is 0 Å². The molecule has 1 fully saturated rings. The van der Waals surface area contributed by atoms with E-state index in [2.05, 4.69) is 5.10 Å². The van der Waals surface area contributed by atoms with Gasteiger partial charge in [-0.25, -0.2) is 8.42 Å². The lowest BCUT2D eigenvalue weighted by atomic mass is 10.2. The molecule has 0 aliphatic carbocycles. The van der Waals surface area contributed by atoms with Gasteiger partial charge in [0.2, 0.25) is 0 Å². The van der Waals surface area contributed by atoms with E-state index in [4.69, 9.17) is 5.11 Å². The largest absolute Gasteiger partial charge is 0.480 e. The van der Waals surface area contributed by atoms with Gasteiger partial charge in [-0.15, -0.1) is 0 Å². The Morgan fingerprint density at radius 1 is 1.61 bits per heavy atom. The second kappa shape index (κ2) is 4.69. The third-order valence-electron chi connectivity index (χ3n) is 3.04. The van der Waals surface area contributed by atoms with Crippen molar-refractivity contribution < 1.29 is 18.3 Å². The fourth-order valence-corrected chi connectivity index (χ4v) is 3.99. The number of nitrogens with zero attached hydrogens (tertiary/aromatic N) is 3. The molecule has 1 N–H and O–H groups in total. The molecule has 7 nitrogen and oxygen atoms in total. The summed E-state index contributed by atoms with van der Waals surface area (Å²) < 4.78 is 27.2. The second-order valence-electron chi connectivity index (χ2n) is 4.10. The Morgan fingerprint density at radius 2 is 2.33 bits per heavy atom. The molecule has 0 spiro atoms. The molecule has 1 saturated heterocycles. The SMILES string of the molecule is CCn1nccc1S(=O)(=O)N1CCC[C@H]1C(=O)O. The average Bonchev–Trinajstić information content (AvgIpc) is 2.98. The minimum Gasteiger partial charge on any atom is -0.480 e. The maximum Gasteiger partial charge on any atom is 0.322 e. The Morgan fingerprint density at radius 3 is 2.94 bits per heavy atom. The molecule has 1 atom stereocenters. The zero-order valence-electron chi connectivity index (χ0n) is 9.98. The number of aliphatic carboxylic acids is 1. The van der Waals surface area contributed by atoms with Gasteiger partial charge in [0.25, 0.3) is 10.0 Å². The molecule has 18 heavy (non-hydrogen) atoms. The summed E-state index contributed by atoms with van der Waals surface area (Å²) in [6.07, 6.45) is 2.33. The van der Waals surface area contributed by atoms with Crippen LogP contribution in [-0.4, -0.2) is 46.2 Å². The smallest absolute Gasteiger partial charge is 0.322 e. The van der Waals surface area contributed by atoms with E-state index in [1.54, 1.807) is 6.92 Å². The highest BCUT2D eigenvalue weighted by Crippen LogP contribution is 2.25. The number of hydrogen-bond acceptors (Lipinski definition) is 4. The maximum atomic E-state index is 12.4. The number of carboxylic acids is 1. The van der Waals surface area contributed by atoms with Crippen molar-refractivity contribution in [1.82, 2.24) is 14.1 Å². The van der Waals surface area contributed by atoms with Crippen LogP contribution in [0.15, 0.2) is 17.3 Å². The van der Waals surface area contributed by atoms with Crippen LogP contribution >= 0.6 is 0 Å². The minimum atomic E-state index is -3.78. The number of aryl methyl sites for hydroxylation is 1. The maximum absolute atomic E-state index is 12.4. The Labute approximate surface area is 105 Å². The van der Waals surface area contributed by atoms with E-state index >= 15 is 0 Å². The lowest BCUT2D eigenvalue weighted by Gasteiger charge is -2.20. The summed E-state index contributed by atoms with van der Waals surface area (Å²) in [6, 6.07) is 0.436. The van der Waals surface area contributed by atoms with Crippen molar-refractivity contribution in [3.8, 4) is 0 Å². The van der Waals surface area contributed by atoms with Crippen LogP contribution in [0.4, 0.5) is 0 Å². The van der Waals surface area contributed by atoms with Crippen LogP contribution in [0.3, 0.4) is 0 Å². The zero-order valence-corrected chi connectivity index (χ0v) is 10.8. The molecule has 0 saturated carbocycles. The summed E-state index contributed by atoms with van der Waals surface area (Å²) in [7, 11) is -3.78. The first-order valence-corrected chi connectivity index (χ1v) is 7.19. The first-order chi connectivity index (χ1) is 8.48. The van der Waals surface area contributed by atoms with E-state index in [0.717, 1.165) is 4.31 Å². The average molecular weight is 273 g/mol. The van der Waals surface area contributed by atoms with Crippen LogP contribution in [0.5, 0.6) is 0 Å². The molecule has 0 unspecified atom stereocenters. The van der Waals surface area contributed by atoms with Gasteiger partial charge in [-0.05, 0) is 25.8 Å². The number of hydrogen-bond donors (Lipinski definition) is 1. The number of carboxylic acid groups (broad SMARTS) is 1. The van der Waals surface area contributed by atoms with Crippen LogP contribution in [-0.2, 0) is 21.4 Å². The highest BCUT2D eigenvalue weighted by atomic mass is 32.2. The molecule has 0 aromatic carbocycles. The van der Waals surface area contributed by atoms with Gasteiger partial charge in [-0.1, -0.05) is 0 Å². The molecule has 1 aromatic rings. The van der Waals surface area contributed by atoms with Gasteiger partial charge in [0.1, 0.15) is 6.04 Å². The molecule has 2 heterocycles. The zero-order chi connectivity index (χ0) is 13.3. The van der Waals surface area contributed by atoms with Crippen LogP contribution < -0.4 is 0 Å². The van der Waals surface area contributed by atoms with Crippen molar-refractivity contribution >= 4 is 16.0 Å². The van der Waals surface area contributed by atoms with Crippen LogP contribution in [0.2, 0.25) is 0 Å². The fourth-order valence-electron chi connectivity index (χ4n) is 2.17. The Bertz CT molecular complexity index is 551. The van der Waals surface area contributed by atoms with Crippen LogP contribution in [0, 0.1) is 0 Å².